The van der Waals surface area contributed by atoms with Crippen LogP contribution in [0.3, 0.4) is 0 Å². The molecule has 0 aliphatic carbocycles. The molecular formula is C15H24N6. The molecule has 0 radical (unpaired) electrons. The fourth-order valence-corrected chi connectivity index (χ4v) is 3.08. The molecule has 2 aromatic heterocycles. The van der Waals surface area contributed by atoms with Crippen LogP contribution in [0.4, 0.5) is 5.82 Å². The minimum absolute atomic E-state index is 0.740. The van der Waals surface area contributed by atoms with Crippen molar-refractivity contribution in [2.24, 2.45) is 5.92 Å². The van der Waals surface area contributed by atoms with E-state index in [1.807, 2.05) is 23.7 Å². The number of rotatable bonds is 5. The Morgan fingerprint density at radius 3 is 2.90 bits per heavy atom. The Hall–Kier alpha value is -1.69. The lowest BCUT2D eigenvalue weighted by Gasteiger charge is -2.30. The van der Waals surface area contributed by atoms with E-state index in [2.05, 4.69) is 32.3 Å². The number of hydrogen-bond acceptors (Lipinski definition) is 5. The number of anilines is 1. The molecule has 0 unspecified atom stereocenters. The number of piperidine rings is 1. The van der Waals surface area contributed by atoms with Crippen LogP contribution in [0.15, 0.2) is 12.4 Å². The van der Waals surface area contributed by atoms with E-state index in [-0.39, 0.29) is 0 Å². The third kappa shape index (κ3) is 3.00. The second-order valence-electron chi connectivity index (χ2n) is 5.83. The minimum atomic E-state index is 0.740. The molecule has 0 aromatic carbocycles. The van der Waals surface area contributed by atoms with Crippen molar-refractivity contribution in [3.05, 3.63) is 18.2 Å². The molecule has 0 saturated carbocycles. The Kier molecular flexibility index (Phi) is 4.34. The summed E-state index contributed by atoms with van der Waals surface area (Å²) in [5, 5.41) is 11.9. The molecule has 1 aliphatic rings. The molecule has 6 heteroatoms. The predicted molar refractivity (Wildman–Crippen MR) is 83.6 cm³/mol. The van der Waals surface area contributed by atoms with Crippen molar-refractivity contribution in [3.8, 4) is 0 Å². The summed E-state index contributed by atoms with van der Waals surface area (Å²) in [5.74, 6) is 2.62. The van der Waals surface area contributed by atoms with Crippen LogP contribution in [0.2, 0.25) is 0 Å². The standard InChI is InChI=1S/C15H24N6/c1-3-9-20(11-13-4-6-16-7-5-13)14-15-19-18-12(2)21(15)10-8-17-14/h8,10,13,16H,3-7,9,11H2,1-2H3. The zero-order chi connectivity index (χ0) is 14.7. The SMILES string of the molecule is CCCN(CC1CCNCC1)c1nccn2c(C)nnc12. The highest BCUT2D eigenvalue weighted by Crippen LogP contribution is 2.22. The van der Waals surface area contributed by atoms with E-state index in [1.54, 1.807) is 0 Å². The summed E-state index contributed by atoms with van der Waals surface area (Å²) in [6.45, 7) is 8.53. The summed E-state index contributed by atoms with van der Waals surface area (Å²) in [4.78, 5) is 6.98. The van der Waals surface area contributed by atoms with Crippen LogP contribution < -0.4 is 10.2 Å². The van der Waals surface area contributed by atoms with Gasteiger partial charge in [0.25, 0.3) is 0 Å². The van der Waals surface area contributed by atoms with Gasteiger partial charge in [0, 0.05) is 25.5 Å². The van der Waals surface area contributed by atoms with E-state index in [4.69, 9.17) is 0 Å². The predicted octanol–water partition coefficient (Wildman–Crippen LogP) is 1.65. The molecule has 114 valence electrons. The van der Waals surface area contributed by atoms with Gasteiger partial charge >= 0.3 is 0 Å². The highest BCUT2D eigenvalue weighted by atomic mass is 15.3. The number of hydrogen-bond donors (Lipinski definition) is 1. The first-order valence-corrected chi connectivity index (χ1v) is 7.91. The van der Waals surface area contributed by atoms with Crippen LogP contribution in [0, 0.1) is 12.8 Å². The molecule has 1 N–H and O–H groups in total. The molecule has 3 rings (SSSR count). The third-order valence-electron chi connectivity index (χ3n) is 4.21. The van der Waals surface area contributed by atoms with Gasteiger partial charge < -0.3 is 10.2 Å². The van der Waals surface area contributed by atoms with Gasteiger partial charge in [-0.25, -0.2) is 4.98 Å². The highest BCUT2D eigenvalue weighted by molar-refractivity contribution is 5.63. The molecule has 1 aliphatic heterocycles. The average Bonchev–Trinajstić information content (AvgIpc) is 2.90. The molecule has 0 bridgehead atoms. The van der Waals surface area contributed by atoms with Crippen molar-refractivity contribution in [3.63, 3.8) is 0 Å². The lowest BCUT2D eigenvalue weighted by Crippen LogP contribution is -2.37. The monoisotopic (exact) mass is 288 g/mol. The van der Waals surface area contributed by atoms with Crippen LogP contribution in [0.25, 0.3) is 5.65 Å². The van der Waals surface area contributed by atoms with Gasteiger partial charge in [-0.1, -0.05) is 6.92 Å². The maximum absolute atomic E-state index is 4.59. The summed E-state index contributed by atoms with van der Waals surface area (Å²) in [5.41, 5.74) is 0.873. The first-order chi connectivity index (χ1) is 10.3. The molecule has 3 heterocycles. The summed E-state index contributed by atoms with van der Waals surface area (Å²) < 4.78 is 2.02. The molecule has 0 spiro atoms. The van der Waals surface area contributed by atoms with Gasteiger partial charge in [0.05, 0.1) is 0 Å². The Bertz CT molecular complexity index is 587. The van der Waals surface area contributed by atoms with Crippen molar-refractivity contribution in [1.82, 2.24) is 24.9 Å². The van der Waals surface area contributed by atoms with Crippen molar-refractivity contribution in [1.29, 1.82) is 0 Å². The number of nitrogens with zero attached hydrogens (tertiary/aromatic N) is 5. The van der Waals surface area contributed by atoms with Crippen molar-refractivity contribution in [2.45, 2.75) is 33.1 Å². The van der Waals surface area contributed by atoms with E-state index in [0.29, 0.717) is 0 Å². The third-order valence-corrected chi connectivity index (χ3v) is 4.21. The molecule has 0 amide bonds. The van der Waals surface area contributed by atoms with Crippen LogP contribution in [0.1, 0.15) is 32.0 Å². The summed E-state index contributed by atoms with van der Waals surface area (Å²) in [7, 11) is 0. The summed E-state index contributed by atoms with van der Waals surface area (Å²) >= 11 is 0. The fourth-order valence-electron chi connectivity index (χ4n) is 3.08. The second-order valence-corrected chi connectivity index (χ2v) is 5.83. The summed E-state index contributed by atoms with van der Waals surface area (Å²) in [6.07, 6.45) is 7.39. The Morgan fingerprint density at radius 1 is 1.33 bits per heavy atom. The smallest absolute Gasteiger partial charge is 0.203 e. The zero-order valence-corrected chi connectivity index (χ0v) is 12.9. The normalized spacial score (nSPS) is 16.5. The minimum Gasteiger partial charge on any atom is -0.353 e. The van der Waals surface area contributed by atoms with Gasteiger partial charge in [-0.2, -0.15) is 0 Å². The number of fused-ring (bicyclic) bond motifs is 1. The molecule has 2 aromatic rings. The molecule has 0 atom stereocenters. The van der Waals surface area contributed by atoms with Gasteiger partial charge in [0.2, 0.25) is 5.65 Å². The molecular weight excluding hydrogens is 264 g/mol. The van der Waals surface area contributed by atoms with Gasteiger partial charge in [0.15, 0.2) is 5.82 Å². The first kappa shape index (κ1) is 14.3. The number of nitrogens with one attached hydrogen (secondary N) is 1. The van der Waals surface area contributed by atoms with Crippen molar-refractivity contribution in [2.75, 3.05) is 31.1 Å². The van der Waals surface area contributed by atoms with Crippen LogP contribution >= 0.6 is 0 Å². The topological polar surface area (TPSA) is 58.4 Å². The van der Waals surface area contributed by atoms with Gasteiger partial charge in [0.1, 0.15) is 5.82 Å². The Morgan fingerprint density at radius 2 is 2.14 bits per heavy atom. The Balaban J connectivity index is 1.87. The first-order valence-electron chi connectivity index (χ1n) is 7.91. The van der Waals surface area contributed by atoms with E-state index in [0.717, 1.165) is 55.8 Å². The van der Waals surface area contributed by atoms with Gasteiger partial charge in [-0.15, -0.1) is 10.2 Å². The van der Waals surface area contributed by atoms with Gasteiger partial charge in [-0.3, -0.25) is 4.40 Å². The van der Waals surface area contributed by atoms with Gasteiger partial charge in [-0.05, 0) is 45.2 Å². The van der Waals surface area contributed by atoms with E-state index in [1.165, 1.54) is 12.8 Å². The van der Waals surface area contributed by atoms with Crippen LogP contribution in [-0.2, 0) is 0 Å². The average molecular weight is 288 g/mol. The largest absolute Gasteiger partial charge is 0.353 e. The maximum Gasteiger partial charge on any atom is 0.203 e. The Labute approximate surface area is 125 Å². The molecule has 6 nitrogen and oxygen atoms in total. The van der Waals surface area contributed by atoms with E-state index >= 15 is 0 Å². The van der Waals surface area contributed by atoms with Crippen molar-refractivity contribution >= 4 is 11.5 Å². The highest BCUT2D eigenvalue weighted by Gasteiger charge is 2.20. The number of aryl methyl sites for hydroxylation is 1. The summed E-state index contributed by atoms with van der Waals surface area (Å²) in [6, 6.07) is 0. The molecule has 1 fully saturated rings. The van der Waals surface area contributed by atoms with Crippen molar-refractivity contribution < 1.29 is 0 Å². The fraction of sp³-hybridized carbons (Fsp3) is 0.667. The number of aromatic nitrogens is 4. The quantitative estimate of drug-likeness (QED) is 0.906. The lowest BCUT2D eigenvalue weighted by molar-refractivity contribution is 0.373. The van der Waals surface area contributed by atoms with E-state index < -0.39 is 0 Å². The molecule has 21 heavy (non-hydrogen) atoms. The second kappa shape index (κ2) is 6.39. The molecule has 1 saturated heterocycles. The zero-order valence-electron chi connectivity index (χ0n) is 12.9. The maximum atomic E-state index is 4.59. The van der Waals surface area contributed by atoms with Crippen LogP contribution in [0.5, 0.6) is 0 Å². The van der Waals surface area contributed by atoms with Crippen LogP contribution in [-0.4, -0.2) is 45.8 Å². The lowest BCUT2D eigenvalue weighted by atomic mass is 9.97. The van der Waals surface area contributed by atoms with E-state index in [9.17, 15) is 0 Å².